The van der Waals surface area contributed by atoms with Crippen LogP contribution in [-0.2, 0) is 4.74 Å². The summed E-state index contributed by atoms with van der Waals surface area (Å²) in [6.07, 6.45) is 11.7. The third kappa shape index (κ3) is 6.12. The van der Waals surface area contributed by atoms with Crippen molar-refractivity contribution < 1.29 is 23.0 Å². The second-order valence-corrected chi connectivity index (χ2v) is 10.1. The van der Waals surface area contributed by atoms with Gasteiger partial charge in [-0.15, -0.1) is 6.58 Å². The summed E-state index contributed by atoms with van der Waals surface area (Å²) in [4.78, 5) is 12.7. The number of hydrogen-bond acceptors (Lipinski definition) is 3. The molecule has 2 aliphatic rings. The number of carbonyl (C=O) groups excluding carboxylic acids is 1. The molecule has 2 aliphatic carbocycles. The van der Waals surface area contributed by atoms with Crippen LogP contribution in [0.2, 0.25) is 0 Å². The predicted octanol–water partition coefficient (Wildman–Crippen LogP) is 8.10. The van der Waals surface area contributed by atoms with E-state index in [-0.39, 0.29) is 23.7 Å². The van der Waals surface area contributed by atoms with E-state index in [9.17, 15) is 13.6 Å². The highest BCUT2D eigenvalue weighted by molar-refractivity contribution is 5.89. The minimum atomic E-state index is -0.942. The standard InChI is InChI=1S/C30H36F2O3/c1-3-4-5-20-6-8-21(9-7-20)22-10-12-24(13-11-22)30(33)35-25-16-14-23(15-17-25)26-18-19-27(34-2)29(32)28(26)31/h3,10-13,18-21,23,25H,1,4-9,14-17H2,2H3. The number of hydrogen-bond donors (Lipinski definition) is 0. The minimum Gasteiger partial charge on any atom is -0.494 e. The first-order valence-electron chi connectivity index (χ1n) is 12.9. The van der Waals surface area contributed by atoms with E-state index in [1.165, 1.54) is 50.8 Å². The molecule has 2 saturated carbocycles. The van der Waals surface area contributed by atoms with Crippen molar-refractivity contribution in [2.45, 2.75) is 82.1 Å². The summed E-state index contributed by atoms with van der Waals surface area (Å²) in [5, 5.41) is 0. The molecule has 0 N–H and O–H groups in total. The molecule has 0 atom stereocenters. The first kappa shape index (κ1) is 25.4. The van der Waals surface area contributed by atoms with Gasteiger partial charge in [0.05, 0.1) is 12.7 Å². The Balaban J connectivity index is 1.26. The Bertz CT molecular complexity index is 1000. The summed E-state index contributed by atoms with van der Waals surface area (Å²) in [6, 6.07) is 11.0. The molecule has 188 valence electrons. The zero-order valence-corrected chi connectivity index (χ0v) is 20.6. The van der Waals surface area contributed by atoms with Crippen LogP contribution in [-0.4, -0.2) is 19.2 Å². The Kier molecular flexibility index (Phi) is 8.59. The summed E-state index contributed by atoms with van der Waals surface area (Å²) in [5.74, 6) is -0.882. The van der Waals surface area contributed by atoms with Gasteiger partial charge < -0.3 is 9.47 Å². The first-order valence-corrected chi connectivity index (χ1v) is 12.9. The van der Waals surface area contributed by atoms with Crippen molar-refractivity contribution in [3.8, 4) is 5.75 Å². The van der Waals surface area contributed by atoms with Gasteiger partial charge in [-0.2, -0.15) is 4.39 Å². The Morgan fingerprint density at radius 1 is 0.914 bits per heavy atom. The predicted molar refractivity (Wildman–Crippen MR) is 134 cm³/mol. The van der Waals surface area contributed by atoms with Crippen molar-refractivity contribution in [1.29, 1.82) is 0 Å². The Morgan fingerprint density at radius 3 is 2.20 bits per heavy atom. The number of rotatable bonds is 8. The molecule has 4 rings (SSSR count). The molecule has 2 aromatic carbocycles. The van der Waals surface area contributed by atoms with E-state index >= 15 is 0 Å². The van der Waals surface area contributed by atoms with Crippen LogP contribution in [0.3, 0.4) is 0 Å². The molecule has 0 aromatic heterocycles. The lowest BCUT2D eigenvalue weighted by Crippen LogP contribution is -2.24. The van der Waals surface area contributed by atoms with Crippen LogP contribution in [0.5, 0.6) is 5.75 Å². The normalized spacial score (nSPS) is 24.5. The fourth-order valence-electron chi connectivity index (χ4n) is 5.76. The fraction of sp³-hybridized carbons (Fsp3) is 0.500. The molecule has 0 saturated heterocycles. The van der Waals surface area contributed by atoms with Crippen molar-refractivity contribution in [3.05, 3.63) is 77.4 Å². The van der Waals surface area contributed by atoms with Crippen LogP contribution in [0, 0.1) is 17.6 Å². The highest BCUT2D eigenvalue weighted by Gasteiger charge is 2.29. The van der Waals surface area contributed by atoms with Gasteiger partial charge in [0.15, 0.2) is 11.6 Å². The van der Waals surface area contributed by atoms with Gasteiger partial charge in [0.1, 0.15) is 6.10 Å². The number of benzene rings is 2. The smallest absolute Gasteiger partial charge is 0.338 e. The molecule has 0 unspecified atom stereocenters. The van der Waals surface area contributed by atoms with Crippen molar-refractivity contribution in [1.82, 2.24) is 0 Å². The second-order valence-electron chi connectivity index (χ2n) is 10.1. The van der Waals surface area contributed by atoms with Gasteiger partial charge in [0.2, 0.25) is 5.82 Å². The highest BCUT2D eigenvalue weighted by Crippen LogP contribution is 2.39. The quantitative estimate of drug-likeness (QED) is 0.282. The first-order chi connectivity index (χ1) is 17.0. The lowest BCUT2D eigenvalue weighted by Gasteiger charge is -2.29. The highest BCUT2D eigenvalue weighted by atomic mass is 19.2. The van der Waals surface area contributed by atoms with E-state index < -0.39 is 11.6 Å². The van der Waals surface area contributed by atoms with E-state index in [2.05, 4.69) is 18.7 Å². The van der Waals surface area contributed by atoms with E-state index in [0.29, 0.717) is 42.7 Å². The van der Waals surface area contributed by atoms with Gasteiger partial charge in [-0.3, -0.25) is 0 Å². The third-order valence-corrected chi connectivity index (χ3v) is 7.93. The zero-order valence-electron chi connectivity index (χ0n) is 20.6. The Hall–Kier alpha value is -2.69. The minimum absolute atomic E-state index is 0.0866. The van der Waals surface area contributed by atoms with Crippen LogP contribution in [0.25, 0.3) is 0 Å². The van der Waals surface area contributed by atoms with E-state index in [1.807, 2.05) is 18.2 Å². The van der Waals surface area contributed by atoms with Crippen molar-refractivity contribution in [2.24, 2.45) is 5.92 Å². The summed E-state index contributed by atoms with van der Waals surface area (Å²) >= 11 is 0. The maximum atomic E-state index is 14.5. The Morgan fingerprint density at radius 2 is 1.57 bits per heavy atom. The van der Waals surface area contributed by atoms with Gasteiger partial charge in [0, 0.05) is 0 Å². The maximum absolute atomic E-state index is 14.5. The molecular formula is C30H36F2O3. The molecule has 0 amide bonds. The SMILES string of the molecule is C=CCCC1CCC(c2ccc(C(=O)OC3CCC(c4ccc(OC)c(F)c4F)CC3)cc2)CC1. The molecule has 0 bridgehead atoms. The average molecular weight is 483 g/mol. The molecule has 0 spiro atoms. The van der Waals surface area contributed by atoms with Crippen molar-refractivity contribution in [2.75, 3.05) is 7.11 Å². The van der Waals surface area contributed by atoms with Gasteiger partial charge in [-0.1, -0.05) is 24.3 Å². The van der Waals surface area contributed by atoms with Crippen LogP contribution in [0.15, 0.2) is 49.1 Å². The van der Waals surface area contributed by atoms with Crippen LogP contribution >= 0.6 is 0 Å². The number of ether oxygens (including phenoxy) is 2. The van der Waals surface area contributed by atoms with Crippen LogP contribution in [0.4, 0.5) is 8.78 Å². The number of esters is 1. The number of carbonyl (C=O) groups is 1. The molecule has 0 radical (unpaired) electrons. The topological polar surface area (TPSA) is 35.5 Å². The van der Waals surface area contributed by atoms with E-state index in [0.717, 1.165) is 12.3 Å². The monoisotopic (exact) mass is 482 g/mol. The van der Waals surface area contributed by atoms with Gasteiger partial charge in [-0.05, 0) is 111 Å². The number of methoxy groups -OCH3 is 1. The largest absolute Gasteiger partial charge is 0.494 e. The fourth-order valence-corrected chi connectivity index (χ4v) is 5.76. The lowest BCUT2D eigenvalue weighted by molar-refractivity contribution is 0.0194. The number of allylic oxidation sites excluding steroid dienone is 1. The summed E-state index contributed by atoms with van der Waals surface area (Å²) in [5.41, 5.74) is 2.25. The van der Waals surface area contributed by atoms with Crippen molar-refractivity contribution >= 4 is 5.97 Å². The van der Waals surface area contributed by atoms with Gasteiger partial charge >= 0.3 is 5.97 Å². The summed E-state index contributed by atoms with van der Waals surface area (Å²) in [7, 11) is 1.32. The molecule has 2 aromatic rings. The van der Waals surface area contributed by atoms with Gasteiger partial charge in [-0.25, -0.2) is 9.18 Å². The molecular weight excluding hydrogens is 446 g/mol. The van der Waals surface area contributed by atoms with Crippen LogP contribution in [0.1, 0.15) is 97.5 Å². The molecule has 0 heterocycles. The molecule has 3 nitrogen and oxygen atoms in total. The average Bonchev–Trinajstić information content (AvgIpc) is 2.90. The Labute approximate surface area is 207 Å². The summed E-state index contributed by atoms with van der Waals surface area (Å²) < 4.78 is 39.2. The zero-order chi connectivity index (χ0) is 24.8. The van der Waals surface area contributed by atoms with E-state index in [1.54, 1.807) is 6.07 Å². The number of halogens is 2. The van der Waals surface area contributed by atoms with Gasteiger partial charge in [0.25, 0.3) is 0 Å². The molecule has 5 heteroatoms. The summed E-state index contributed by atoms with van der Waals surface area (Å²) in [6.45, 7) is 3.83. The van der Waals surface area contributed by atoms with Crippen LogP contribution < -0.4 is 4.74 Å². The molecule has 0 aliphatic heterocycles. The van der Waals surface area contributed by atoms with Crippen molar-refractivity contribution in [3.63, 3.8) is 0 Å². The third-order valence-electron chi connectivity index (χ3n) is 7.93. The second kappa shape index (κ2) is 11.8. The lowest BCUT2D eigenvalue weighted by atomic mass is 9.77. The van der Waals surface area contributed by atoms with E-state index in [4.69, 9.17) is 9.47 Å². The molecule has 35 heavy (non-hydrogen) atoms. The molecule has 2 fully saturated rings. The maximum Gasteiger partial charge on any atom is 0.338 e.